The van der Waals surface area contributed by atoms with E-state index < -0.39 is 11.9 Å². The zero-order valence-corrected chi connectivity index (χ0v) is 19.6. The van der Waals surface area contributed by atoms with Crippen molar-refractivity contribution in [2.24, 2.45) is 5.92 Å². The highest BCUT2D eigenvalue weighted by molar-refractivity contribution is 5.98. The van der Waals surface area contributed by atoms with E-state index >= 15 is 0 Å². The van der Waals surface area contributed by atoms with Crippen molar-refractivity contribution in [1.29, 1.82) is 0 Å². The Bertz CT molecular complexity index is 1340. The first-order valence-corrected chi connectivity index (χ1v) is 11.6. The number of carbonyl (C=O) groups is 3. The molecule has 0 saturated heterocycles. The number of hydrogen-bond acceptors (Lipinski definition) is 8. The van der Waals surface area contributed by atoms with Crippen LogP contribution in [0.3, 0.4) is 0 Å². The number of hydrogen-bond donors (Lipinski definition) is 1. The van der Waals surface area contributed by atoms with Gasteiger partial charge in [0.25, 0.3) is 0 Å². The van der Waals surface area contributed by atoms with Crippen LogP contribution >= 0.6 is 0 Å². The number of fused-ring (bicyclic) bond motifs is 2. The number of carbonyl (C=O) groups excluding carboxylic acids is 3. The molecule has 2 aliphatic heterocycles. The Morgan fingerprint density at radius 2 is 2.00 bits per heavy atom. The van der Waals surface area contributed by atoms with Crippen molar-refractivity contribution in [1.82, 2.24) is 4.98 Å². The molecule has 184 valence electrons. The third-order valence-electron chi connectivity index (χ3n) is 6.11. The second kappa shape index (κ2) is 10.1. The summed E-state index contributed by atoms with van der Waals surface area (Å²) < 4.78 is 22.3. The number of ketones is 1. The summed E-state index contributed by atoms with van der Waals surface area (Å²) in [4.78, 5) is 41.0. The number of Topliss-reactive ketones (excluding diaryl/α,β-unsaturated/α-hetero) is 1. The average molecular weight is 488 g/mol. The van der Waals surface area contributed by atoms with Gasteiger partial charge in [0.1, 0.15) is 35.4 Å². The van der Waals surface area contributed by atoms with Crippen LogP contribution in [-0.2, 0) is 27.2 Å². The molecule has 1 N–H and O–H groups in total. The van der Waals surface area contributed by atoms with Crippen LogP contribution in [0.15, 0.2) is 54.7 Å². The van der Waals surface area contributed by atoms with Crippen LogP contribution in [0, 0.1) is 5.92 Å². The van der Waals surface area contributed by atoms with Crippen LogP contribution in [-0.4, -0.2) is 43.0 Å². The lowest BCUT2D eigenvalue weighted by Crippen LogP contribution is -2.31. The monoisotopic (exact) mass is 488 g/mol. The van der Waals surface area contributed by atoms with Crippen molar-refractivity contribution in [2.75, 3.05) is 25.6 Å². The maximum absolute atomic E-state index is 12.7. The van der Waals surface area contributed by atoms with Crippen LogP contribution in [0.25, 0.3) is 0 Å². The van der Waals surface area contributed by atoms with Gasteiger partial charge in [0.2, 0.25) is 5.91 Å². The number of amides is 1. The number of benzene rings is 2. The summed E-state index contributed by atoms with van der Waals surface area (Å²) in [6.45, 7) is -0.195. The fourth-order valence-corrected chi connectivity index (χ4v) is 4.20. The van der Waals surface area contributed by atoms with Gasteiger partial charge in [0, 0.05) is 23.7 Å². The van der Waals surface area contributed by atoms with Gasteiger partial charge in [-0.1, -0.05) is 12.1 Å². The quantitative estimate of drug-likeness (QED) is 0.395. The van der Waals surface area contributed by atoms with Crippen LogP contribution in [0.4, 0.5) is 5.82 Å². The molecule has 3 heterocycles. The van der Waals surface area contributed by atoms with Crippen LogP contribution in [0.5, 0.6) is 23.0 Å². The molecule has 5 rings (SSSR count). The van der Waals surface area contributed by atoms with Crippen LogP contribution in [0.2, 0.25) is 0 Å². The lowest BCUT2D eigenvalue weighted by molar-refractivity contribution is -0.148. The molecule has 9 nitrogen and oxygen atoms in total. The van der Waals surface area contributed by atoms with Gasteiger partial charge in [-0.05, 0) is 54.8 Å². The van der Waals surface area contributed by atoms with Gasteiger partial charge in [-0.25, -0.2) is 4.98 Å². The van der Waals surface area contributed by atoms with Crippen molar-refractivity contribution in [2.45, 2.75) is 19.3 Å². The molecular formula is C27H24N2O7. The molecule has 0 bridgehead atoms. The summed E-state index contributed by atoms with van der Waals surface area (Å²) in [6, 6.07) is 13.9. The predicted molar refractivity (Wildman–Crippen MR) is 129 cm³/mol. The summed E-state index contributed by atoms with van der Waals surface area (Å²) in [5.41, 5.74) is 2.05. The Hall–Kier alpha value is -4.40. The number of rotatable bonds is 7. The van der Waals surface area contributed by atoms with Gasteiger partial charge >= 0.3 is 5.97 Å². The minimum atomic E-state index is -0.547. The predicted octanol–water partition coefficient (Wildman–Crippen LogP) is 3.74. The van der Waals surface area contributed by atoms with Crippen molar-refractivity contribution >= 4 is 23.5 Å². The molecule has 0 aliphatic carbocycles. The zero-order valence-electron chi connectivity index (χ0n) is 19.6. The van der Waals surface area contributed by atoms with E-state index in [4.69, 9.17) is 18.9 Å². The van der Waals surface area contributed by atoms with E-state index in [0.29, 0.717) is 53.6 Å². The standard InChI is InChI=1S/C27H24N2O7/c1-33-19-4-2-3-16(12-19)22(30)15-35-27(32)18-11-17-13-20(5-7-23(17)34-14-18)36-24-9-10-28-26-21(24)6-8-25(31)29-26/h2-5,7,9-10,12-13,18H,6,8,11,14-15H2,1H3,(H,28,29,31). The van der Waals surface area contributed by atoms with Gasteiger partial charge in [0.15, 0.2) is 12.4 Å². The fourth-order valence-electron chi connectivity index (χ4n) is 4.20. The third-order valence-corrected chi connectivity index (χ3v) is 6.11. The first-order valence-electron chi connectivity index (χ1n) is 11.6. The Balaban J connectivity index is 1.23. The summed E-state index contributed by atoms with van der Waals surface area (Å²) in [6.07, 6.45) is 2.89. The highest BCUT2D eigenvalue weighted by Crippen LogP contribution is 2.36. The number of ether oxygens (including phenoxy) is 4. The van der Waals surface area contributed by atoms with E-state index in [0.717, 1.165) is 11.1 Å². The van der Waals surface area contributed by atoms with Crippen molar-refractivity contribution in [3.8, 4) is 23.0 Å². The Labute approximate surface area is 207 Å². The lowest BCUT2D eigenvalue weighted by Gasteiger charge is -2.25. The molecular weight excluding hydrogens is 464 g/mol. The van der Waals surface area contributed by atoms with E-state index in [1.807, 2.05) is 6.07 Å². The Kier molecular flexibility index (Phi) is 6.53. The second-order valence-corrected chi connectivity index (χ2v) is 8.53. The summed E-state index contributed by atoms with van der Waals surface area (Å²) in [5.74, 6) is 1.50. The smallest absolute Gasteiger partial charge is 0.313 e. The summed E-state index contributed by atoms with van der Waals surface area (Å²) in [5, 5.41) is 2.76. The largest absolute Gasteiger partial charge is 0.497 e. The molecule has 3 aromatic rings. The molecule has 0 spiro atoms. The number of esters is 1. The number of nitrogens with one attached hydrogen (secondary N) is 1. The highest BCUT2D eigenvalue weighted by Gasteiger charge is 2.29. The zero-order chi connectivity index (χ0) is 25.1. The molecule has 1 aromatic heterocycles. The first-order chi connectivity index (χ1) is 17.5. The minimum absolute atomic E-state index is 0.0683. The molecule has 1 unspecified atom stereocenters. The molecule has 1 amide bonds. The van der Waals surface area contributed by atoms with Crippen LogP contribution < -0.4 is 19.5 Å². The summed E-state index contributed by atoms with van der Waals surface area (Å²) >= 11 is 0. The number of aromatic nitrogens is 1. The number of methoxy groups -OCH3 is 1. The first kappa shape index (κ1) is 23.3. The molecule has 2 aliphatic rings. The molecule has 36 heavy (non-hydrogen) atoms. The van der Waals surface area contributed by atoms with Crippen LogP contribution in [0.1, 0.15) is 27.9 Å². The van der Waals surface area contributed by atoms with Crippen molar-refractivity contribution < 1.29 is 33.3 Å². The number of nitrogens with zero attached hydrogens (tertiary/aromatic N) is 1. The average Bonchev–Trinajstić information content (AvgIpc) is 2.91. The van der Waals surface area contributed by atoms with Crippen molar-refractivity contribution in [3.05, 3.63) is 71.4 Å². The molecule has 2 aromatic carbocycles. The summed E-state index contributed by atoms with van der Waals surface area (Å²) in [7, 11) is 1.52. The van der Waals surface area contributed by atoms with Gasteiger partial charge < -0.3 is 24.3 Å². The fraction of sp³-hybridized carbons (Fsp3) is 0.259. The molecule has 0 radical (unpaired) electrons. The van der Waals surface area contributed by atoms with E-state index in [-0.39, 0.29) is 24.9 Å². The SMILES string of the molecule is COc1cccc(C(=O)COC(=O)C2COc3ccc(Oc4ccnc5c4CCC(=O)N5)cc3C2)c1. The maximum atomic E-state index is 12.7. The van der Waals surface area contributed by atoms with E-state index in [1.54, 1.807) is 48.7 Å². The van der Waals surface area contributed by atoms with Gasteiger partial charge in [-0.3, -0.25) is 14.4 Å². The molecule has 0 saturated carbocycles. The van der Waals surface area contributed by atoms with E-state index in [2.05, 4.69) is 10.3 Å². The molecule has 1 atom stereocenters. The minimum Gasteiger partial charge on any atom is -0.497 e. The maximum Gasteiger partial charge on any atom is 0.313 e. The Morgan fingerprint density at radius 3 is 2.86 bits per heavy atom. The van der Waals surface area contributed by atoms with Gasteiger partial charge in [-0.2, -0.15) is 0 Å². The number of anilines is 1. The number of pyridine rings is 1. The highest BCUT2D eigenvalue weighted by atomic mass is 16.5. The van der Waals surface area contributed by atoms with E-state index in [1.165, 1.54) is 7.11 Å². The molecule has 0 fully saturated rings. The van der Waals surface area contributed by atoms with Gasteiger partial charge in [0.05, 0.1) is 13.0 Å². The topological polar surface area (TPSA) is 113 Å². The van der Waals surface area contributed by atoms with Gasteiger partial charge in [-0.15, -0.1) is 0 Å². The normalized spacial score (nSPS) is 16.0. The molecule has 9 heteroatoms. The lowest BCUT2D eigenvalue weighted by atomic mass is 9.96. The third kappa shape index (κ3) is 5.00. The second-order valence-electron chi connectivity index (χ2n) is 8.53. The Morgan fingerprint density at radius 1 is 1.11 bits per heavy atom. The van der Waals surface area contributed by atoms with Crippen molar-refractivity contribution in [3.63, 3.8) is 0 Å². The van der Waals surface area contributed by atoms with E-state index in [9.17, 15) is 14.4 Å².